The predicted octanol–water partition coefficient (Wildman–Crippen LogP) is 4.84. The molecule has 0 saturated heterocycles. The first-order valence-corrected chi connectivity index (χ1v) is 6.67. The van der Waals surface area contributed by atoms with Crippen LogP contribution < -0.4 is 5.32 Å². The first-order valence-electron chi connectivity index (χ1n) is 6.29. The number of benzene rings is 2. The summed E-state index contributed by atoms with van der Waals surface area (Å²) in [6.07, 6.45) is 0. The van der Waals surface area contributed by atoms with Crippen LogP contribution in [0.5, 0.6) is 5.75 Å². The van der Waals surface area contributed by atoms with Crippen LogP contribution in [0.3, 0.4) is 0 Å². The molecule has 0 heterocycles. The second kappa shape index (κ2) is 5.54. The molecular weight excluding hydrogens is 258 g/mol. The third kappa shape index (κ3) is 3.21. The SMILES string of the molecule is Cc1ccc(N[C@@H](C)c2cc(Cl)ccc2O)c(C)c1. The van der Waals surface area contributed by atoms with Gasteiger partial charge in [0.2, 0.25) is 0 Å². The zero-order chi connectivity index (χ0) is 14.0. The van der Waals surface area contributed by atoms with E-state index in [1.165, 1.54) is 11.1 Å². The Bertz CT molecular complexity index is 595. The second-order valence-electron chi connectivity index (χ2n) is 4.89. The normalized spacial score (nSPS) is 12.2. The third-order valence-corrected chi connectivity index (χ3v) is 3.45. The molecule has 2 rings (SSSR count). The minimum Gasteiger partial charge on any atom is -0.508 e. The zero-order valence-corrected chi connectivity index (χ0v) is 12.1. The minimum absolute atomic E-state index is 0.0138. The molecule has 0 aromatic heterocycles. The summed E-state index contributed by atoms with van der Waals surface area (Å²) in [6, 6.07) is 11.3. The van der Waals surface area contributed by atoms with E-state index >= 15 is 0 Å². The molecule has 0 aliphatic rings. The first kappa shape index (κ1) is 13.8. The topological polar surface area (TPSA) is 32.3 Å². The van der Waals surface area contributed by atoms with E-state index in [0.717, 1.165) is 11.3 Å². The van der Waals surface area contributed by atoms with Crippen LogP contribution in [-0.4, -0.2) is 5.11 Å². The number of phenolic OH excluding ortho intramolecular Hbond substituents is 1. The number of halogens is 1. The second-order valence-corrected chi connectivity index (χ2v) is 5.32. The summed E-state index contributed by atoms with van der Waals surface area (Å²) in [7, 11) is 0. The lowest BCUT2D eigenvalue weighted by atomic mass is 10.1. The fraction of sp³-hybridized carbons (Fsp3) is 0.250. The van der Waals surface area contributed by atoms with Gasteiger partial charge in [-0.3, -0.25) is 0 Å². The molecule has 100 valence electrons. The molecule has 3 heteroatoms. The van der Waals surface area contributed by atoms with Crippen molar-refractivity contribution in [2.75, 3.05) is 5.32 Å². The molecular formula is C16H18ClNO. The molecule has 0 radical (unpaired) electrons. The Balaban J connectivity index is 2.25. The number of phenols is 1. The van der Waals surface area contributed by atoms with Crippen LogP contribution in [-0.2, 0) is 0 Å². The summed E-state index contributed by atoms with van der Waals surface area (Å²) in [5.41, 5.74) is 4.29. The Hall–Kier alpha value is -1.67. The van der Waals surface area contributed by atoms with Gasteiger partial charge in [-0.1, -0.05) is 29.3 Å². The largest absolute Gasteiger partial charge is 0.508 e. The number of anilines is 1. The standard InChI is InChI=1S/C16H18ClNO/c1-10-4-6-15(11(2)8-10)18-12(3)14-9-13(17)5-7-16(14)19/h4-9,12,18-19H,1-3H3/t12-/m0/s1. The maximum atomic E-state index is 9.90. The summed E-state index contributed by atoms with van der Waals surface area (Å²) >= 11 is 5.98. The zero-order valence-electron chi connectivity index (χ0n) is 11.4. The Kier molecular flexibility index (Phi) is 4.01. The highest BCUT2D eigenvalue weighted by Gasteiger charge is 2.11. The molecule has 19 heavy (non-hydrogen) atoms. The fourth-order valence-corrected chi connectivity index (χ4v) is 2.34. The van der Waals surface area contributed by atoms with Gasteiger partial charge in [-0.05, 0) is 50.6 Å². The molecule has 2 aromatic rings. The molecule has 2 nitrogen and oxygen atoms in total. The number of aromatic hydroxyl groups is 1. The lowest BCUT2D eigenvalue weighted by Gasteiger charge is -2.19. The van der Waals surface area contributed by atoms with Gasteiger partial charge in [0, 0.05) is 16.3 Å². The van der Waals surface area contributed by atoms with Gasteiger partial charge < -0.3 is 10.4 Å². The average Bonchev–Trinajstić information content (AvgIpc) is 2.35. The molecule has 0 bridgehead atoms. The van der Waals surface area contributed by atoms with E-state index < -0.39 is 0 Å². The van der Waals surface area contributed by atoms with Crippen molar-refractivity contribution in [1.29, 1.82) is 0 Å². The van der Waals surface area contributed by atoms with Gasteiger partial charge >= 0.3 is 0 Å². The number of rotatable bonds is 3. The van der Waals surface area contributed by atoms with E-state index in [9.17, 15) is 5.11 Å². The van der Waals surface area contributed by atoms with Crippen molar-refractivity contribution in [3.8, 4) is 5.75 Å². The number of hydrogen-bond acceptors (Lipinski definition) is 2. The Morgan fingerprint density at radius 1 is 1.11 bits per heavy atom. The average molecular weight is 276 g/mol. The summed E-state index contributed by atoms with van der Waals surface area (Å²) in [6.45, 7) is 6.15. The van der Waals surface area contributed by atoms with Gasteiger partial charge in [-0.2, -0.15) is 0 Å². The van der Waals surface area contributed by atoms with Crippen LogP contribution in [0.1, 0.15) is 29.7 Å². The highest BCUT2D eigenvalue weighted by molar-refractivity contribution is 6.30. The van der Waals surface area contributed by atoms with Gasteiger partial charge in [0.15, 0.2) is 0 Å². The number of nitrogens with one attached hydrogen (secondary N) is 1. The minimum atomic E-state index is -0.0138. The monoisotopic (exact) mass is 275 g/mol. The van der Waals surface area contributed by atoms with E-state index in [-0.39, 0.29) is 11.8 Å². The summed E-state index contributed by atoms with van der Waals surface area (Å²) in [5.74, 6) is 0.258. The quantitative estimate of drug-likeness (QED) is 0.840. The van der Waals surface area contributed by atoms with E-state index in [2.05, 4.69) is 37.4 Å². The summed E-state index contributed by atoms with van der Waals surface area (Å²) in [4.78, 5) is 0. The fourth-order valence-electron chi connectivity index (χ4n) is 2.16. The summed E-state index contributed by atoms with van der Waals surface area (Å²) in [5, 5.41) is 13.9. The van der Waals surface area contributed by atoms with Crippen LogP contribution in [0.4, 0.5) is 5.69 Å². The molecule has 0 saturated carbocycles. The number of aryl methyl sites for hydroxylation is 2. The molecule has 0 aliphatic carbocycles. The van der Waals surface area contributed by atoms with E-state index in [4.69, 9.17) is 11.6 Å². The molecule has 0 amide bonds. The maximum absolute atomic E-state index is 9.90. The van der Waals surface area contributed by atoms with Crippen molar-refractivity contribution in [2.24, 2.45) is 0 Å². The highest BCUT2D eigenvalue weighted by atomic mass is 35.5. The molecule has 2 N–H and O–H groups in total. The molecule has 0 fully saturated rings. The van der Waals surface area contributed by atoms with Crippen LogP contribution in [0.15, 0.2) is 36.4 Å². The van der Waals surface area contributed by atoms with Gasteiger partial charge in [0.1, 0.15) is 5.75 Å². The van der Waals surface area contributed by atoms with Crippen molar-refractivity contribution in [3.05, 3.63) is 58.1 Å². The van der Waals surface area contributed by atoms with Crippen molar-refractivity contribution < 1.29 is 5.11 Å². The maximum Gasteiger partial charge on any atom is 0.120 e. The van der Waals surface area contributed by atoms with Gasteiger partial charge in [-0.25, -0.2) is 0 Å². The Morgan fingerprint density at radius 2 is 1.84 bits per heavy atom. The van der Waals surface area contributed by atoms with Gasteiger partial charge in [0.25, 0.3) is 0 Å². The lowest BCUT2D eigenvalue weighted by Crippen LogP contribution is -2.08. The van der Waals surface area contributed by atoms with E-state index in [0.29, 0.717) is 5.02 Å². The molecule has 0 spiro atoms. The van der Waals surface area contributed by atoms with Crippen molar-refractivity contribution >= 4 is 17.3 Å². The predicted molar refractivity (Wildman–Crippen MR) is 81.1 cm³/mol. The third-order valence-electron chi connectivity index (χ3n) is 3.21. The lowest BCUT2D eigenvalue weighted by molar-refractivity contribution is 0.465. The molecule has 0 unspecified atom stereocenters. The number of hydrogen-bond donors (Lipinski definition) is 2. The van der Waals surface area contributed by atoms with E-state index in [1.807, 2.05) is 6.92 Å². The van der Waals surface area contributed by atoms with Crippen LogP contribution in [0.25, 0.3) is 0 Å². The van der Waals surface area contributed by atoms with Crippen molar-refractivity contribution in [2.45, 2.75) is 26.8 Å². The van der Waals surface area contributed by atoms with Crippen LogP contribution in [0.2, 0.25) is 5.02 Å². The van der Waals surface area contributed by atoms with Crippen LogP contribution >= 0.6 is 11.6 Å². The molecule has 1 atom stereocenters. The van der Waals surface area contributed by atoms with Gasteiger partial charge in [-0.15, -0.1) is 0 Å². The molecule has 2 aromatic carbocycles. The van der Waals surface area contributed by atoms with Gasteiger partial charge in [0.05, 0.1) is 6.04 Å². The smallest absolute Gasteiger partial charge is 0.120 e. The Labute approximate surface area is 119 Å². The summed E-state index contributed by atoms with van der Waals surface area (Å²) < 4.78 is 0. The van der Waals surface area contributed by atoms with Crippen LogP contribution in [0, 0.1) is 13.8 Å². The highest BCUT2D eigenvalue weighted by Crippen LogP contribution is 2.30. The van der Waals surface area contributed by atoms with Crippen molar-refractivity contribution in [1.82, 2.24) is 0 Å². The Morgan fingerprint density at radius 3 is 2.53 bits per heavy atom. The van der Waals surface area contributed by atoms with E-state index in [1.54, 1.807) is 18.2 Å². The first-order chi connectivity index (χ1) is 8.97. The molecule has 0 aliphatic heterocycles. The van der Waals surface area contributed by atoms with Crippen molar-refractivity contribution in [3.63, 3.8) is 0 Å².